The number of nitrogens with one attached hydrogen (secondary N) is 2. The molecule has 1 aliphatic rings. The van der Waals surface area contributed by atoms with E-state index < -0.39 is 5.91 Å². The average molecular weight is 404 g/mol. The van der Waals surface area contributed by atoms with Gasteiger partial charge in [0.1, 0.15) is 5.70 Å². The van der Waals surface area contributed by atoms with Gasteiger partial charge in [0.2, 0.25) is 5.91 Å². The molecule has 0 radical (unpaired) electrons. The quantitative estimate of drug-likeness (QED) is 0.548. The van der Waals surface area contributed by atoms with Crippen LogP contribution in [0.1, 0.15) is 12.5 Å². The van der Waals surface area contributed by atoms with Gasteiger partial charge in [0.05, 0.1) is 5.57 Å². The Bertz CT molecular complexity index is 1020. The van der Waals surface area contributed by atoms with E-state index in [4.69, 9.17) is 0 Å². The Balaban J connectivity index is 1.99. The van der Waals surface area contributed by atoms with Gasteiger partial charge >= 0.3 is 0 Å². The van der Waals surface area contributed by atoms with Crippen molar-refractivity contribution in [2.75, 3.05) is 36.2 Å². The lowest BCUT2D eigenvalue weighted by atomic mass is 10.0. The maximum Gasteiger partial charge on any atom is 0.278 e. The van der Waals surface area contributed by atoms with Crippen LogP contribution < -0.4 is 15.5 Å². The van der Waals surface area contributed by atoms with Crippen LogP contribution >= 0.6 is 0 Å². The molecule has 0 saturated carbocycles. The summed E-state index contributed by atoms with van der Waals surface area (Å²) in [7, 11) is 3.89. The topological polar surface area (TPSA) is 81.8 Å². The molecule has 30 heavy (non-hydrogen) atoms. The van der Waals surface area contributed by atoms with Crippen molar-refractivity contribution in [3.8, 4) is 0 Å². The van der Waals surface area contributed by atoms with Crippen molar-refractivity contribution in [2.24, 2.45) is 0 Å². The molecule has 3 amide bonds. The summed E-state index contributed by atoms with van der Waals surface area (Å²) in [5.41, 5.74) is 3.41. The first-order valence-corrected chi connectivity index (χ1v) is 9.45. The minimum Gasteiger partial charge on any atom is -0.378 e. The number of amides is 3. The monoisotopic (exact) mass is 404 g/mol. The molecule has 2 aromatic carbocycles. The fourth-order valence-electron chi connectivity index (χ4n) is 3.17. The zero-order valence-electron chi connectivity index (χ0n) is 17.2. The number of imide groups is 1. The third-order valence-corrected chi connectivity index (χ3v) is 4.63. The molecular weight excluding hydrogens is 380 g/mol. The van der Waals surface area contributed by atoms with Crippen LogP contribution in [0.2, 0.25) is 0 Å². The number of rotatable bonds is 7. The van der Waals surface area contributed by atoms with E-state index in [-0.39, 0.29) is 29.6 Å². The second kappa shape index (κ2) is 8.65. The van der Waals surface area contributed by atoms with Gasteiger partial charge in [0.15, 0.2) is 0 Å². The van der Waals surface area contributed by atoms with Crippen LogP contribution in [0.3, 0.4) is 0 Å². The largest absolute Gasteiger partial charge is 0.378 e. The molecule has 0 aromatic heterocycles. The number of benzene rings is 2. The summed E-state index contributed by atoms with van der Waals surface area (Å²) in [6.07, 6.45) is 1.52. The third kappa shape index (κ3) is 4.25. The van der Waals surface area contributed by atoms with Crippen LogP contribution in [0, 0.1) is 0 Å². The summed E-state index contributed by atoms with van der Waals surface area (Å²) in [6.45, 7) is 5.18. The maximum atomic E-state index is 13.0. The number of hydrogen-bond donors (Lipinski definition) is 2. The van der Waals surface area contributed by atoms with Crippen molar-refractivity contribution in [2.45, 2.75) is 6.92 Å². The number of carbonyl (C=O) groups is 3. The fraction of sp³-hybridized carbons (Fsp3) is 0.174. The van der Waals surface area contributed by atoms with E-state index >= 15 is 0 Å². The molecule has 0 unspecified atom stereocenters. The molecule has 2 N–H and O–H groups in total. The van der Waals surface area contributed by atoms with Crippen molar-refractivity contribution in [3.63, 3.8) is 0 Å². The van der Waals surface area contributed by atoms with E-state index in [0.29, 0.717) is 16.9 Å². The second-order valence-electron chi connectivity index (χ2n) is 7.08. The first kappa shape index (κ1) is 20.9. The number of hydrogen-bond acceptors (Lipinski definition) is 5. The van der Waals surface area contributed by atoms with Crippen molar-refractivity contribution < 1.29 is 14.4 Å². The van der Waals surface area contributed by atoms with Gasteiger partial charge in [-0.1, -0.05) is 18.2 Å². The molecule has 7 nitrogen and oxygen atoms in total. The molecule has 1 heterocycles. The molecule has 3 rings (SSSR count). The summed E-state index contributed by atoms with van der Waals surface area (Å²) in [5, 5.41) is 5.80. The molecule has 2 aromatic rings. The van der Waals surface area contributed by atoms with Crippen molar-refractivity contribution in [1.29, 1.82) is 0 Å². The molecule has 0 bridgehead atoms. The summed E-state index contributed by atoms with van der Waals surface area (Å²) >= 11 is 0. The van der Waals surface area contributed by atoms with Crippen LogP contribution in [-0.2, 0) is 14.4 Å². The SMILES string of the molecule is C=CCN1C(=O)C(Nc2ccc(N(C)C)cc2)=C(c2ccc(NC(C)=O)cc2)C1=O. The highest BCUT2D eigenvalue weighted by molar-refractivity contribution is 6.36. The van der Waals surface area contributed by atoms with Crippen LogP contribution in [-0.4, -0.2) is 43.3 Å². The Labute approximate surface area is 175 Å². The summed E-state index contributed by atoms with van der Waals surface area (Å²) in [5.74, 6) is -0.980. The standard InChI is InChI=1S/C23H24N4O3/c1-5-14-27-22(29)20(16-6-8-17(9-7-16)24-15(2)28)21(23(27)30)25-18-10-12-19(13-11-18)26(3)4/h5-13,25H,1,14H2,2-4H3,(H,24,28). The minimum absolute atomic E-state index is 0.121. The van der Waals surface area contributed by atoms with Crippen LogP contribution in [0.15, 0.2) is 66.9 Å². The third-order valence-electron chi connectivity index (χ3n) is 4.63. The Morgan fingerprint density at radius 3 is 2.13 bits per heavy atom. The molecule has 0 fully saturated rings. The van der Waals surface area contributed by atoms with Crippen LogP contribution in [0.25, 0.3) is 5.57 Å². The Hall–Kier alpha value is -3.87. The lowest BCUT2D eigenvalue weighted by molar-refractivity contribution is -0.136. The van der Waals surface area contributed by atoms with Gasteiger partial charge in [-0.05, 0) is 42.0 Å². The van der Waals surface area contributed by atoms with Gasteiger partial charge in [-0.25, -0.2) is 0 Å². The first-order valence-electron chi connectivity index (χ1n) is 9.45. The average Bonchev–Trinajstić information content (AvgIpc) is 2.93. The summed E-state index contributed by atoms with van der Waals surface area (Å²) in [6, 6.07) is 14.4. The van der Waals surface area contributed by atoms with Crippen LogP contribution in [0.4, 0.5) is 17.1 Å². The molecule has 0 saturated heterocycles. The lowest BCUT2D eigenvalue weighted by Crippen LogP contribution is -2.32. The van der Waals surface area contributed by atoms with Gasteiger partial charge in [0.25, 0.3) is 11.8 Å². The number of anilines is 3. The molecule has 154 valence electrons. The van der Waals surface area contributed by atoms with E-state index in [9.17, 15) is 14.4 Å². The Morgan fingerprint density at radius 1 is 1.00 bits per heavy atom. The molecule has 1 aliphatic heterocycles. The molecule has 7 heteroatoms. The van der Waals surface area contributed by atoms with Gasteiger partial charge in [-0.3, -0.25) is 19.3 Å². The van der Waals surface area contributed by atoms with Crippen LogP contribution in [0.5, 0.6) is 0 Å². The number of nitrogens with zero attached hydrogens (tertiary/aromatic N) is 2. The smallest absolute Gasteiger partial charge is 0.278 e. The molecule has 0 atom stereocenters. The molecule has 0 aliphatic carbocycles. The minimum atomic E-state index is -0.405. The van der Waals surface area contributed by atoms with E-state index in [1.54, 1.807) is 24.3 Å². The highest BCUT2D eigenvalue weighted by Gasteiger charge is 2.38. The fourth-order valence-corrected chi connectivity index (χ4v) is 3.17. The van der Waals surface area contributed by atoms with E-state index in [1.165, 1.54) is 13.0 Å². The van der Waals surface area contributed by atoms with Gasteiger partial charge in [0, 0.05) is 44.6 Å². The zero-order valence-corrected chi connectivity index (χ0v) is 17.2. The van der Waals surface area contributed by atoms with Gasteiger partial charge in [-0.2, -0.15) is 0 Å². The summed E-state index contributed by atoms with van der Waals surface area (Å²) < 4.78 is 0. The Kier molecular flexibility index (Phi) is 6.01. The van der Waals surface area contributed by atoms with Crippen molar-refractivity contribution in [3.05, 3.63) is 72.4 Å². The predicted octanol–water partition coefficient (Wildman–Crippen LogP) is 3.09. The van der Waals surface area contributed by atoms with Crippen molar-refractivity contribution >= 4 is 40.4 Å². The zero-order chi connectivity index (χ0) is 21.8. The second-order valence-corrected chi connectivity index (χ2v) is 7.08. The lowest BCUT2D eigenvalue weighted by Gasteiger charge is -2.14. The van der Waals surface area contributed by atoms with E-state index in [2.05, 4.69) is 17.2 Å². The van der Waals surface area contributed by atoms with Gasteiger partial charge in [-0.15, -0.1) is 6.58 Å². The highest BCUT2D eigenvalue weighted by atomic mass is 16.2. The van der Waals surface area contributed by atoms with Crippen molar-refractivity contribution in [1.82, 2.24) is 4.90 Å². The molecule has 0 spiro atoms. The molecular formula is C23H24N4O3. The predicted molar refractivity (Wildman–Crippen MR) is 119 cm³/mol. The maximum absolute atomic E-state index is 13.0. The summed E-state index contributed by atoms with van der Waals surface area (Å²) in [4.78, 5) is 40.3. The highest BCUT2D eigenvalue weighted by Crippen LogP contribution is 2.31. The Morgan fingerprint density at radius 2 is 1.60 bits per heavy atom. The van der Waals surface area contributed by atoms with E-state index in [0.717, 1.165) is 10.6 Å². The first-order chi connectivity index (χ1) is 14.3. The van der Waals surface area contributed by atoms with Gasteiger partial charge < -0.3 is 15.5 Å². The normalized spacial score (nSPS) is 13.5. The number of carbonyl (C=O) groups excluding carboxylic acids is 3. The van der Waals surface area contributed by atoms with E-state index in [1.807, 2.05) is 43.3 Å².